The highest BCUT2D eigenvalue weighted by Crippen LogP contribution is 2.10. The molecule has 0 saturated heterocycles. The van der Waals surface area contributed by atoms with Crippen molar-refractivity contribution in [2.45, 2.75) is 147 Å². The van der Waals surface area contributed by atoms with Crippen molar-refractivity contribution in [1.82, 2.24) is 37.2 Å². The van der Waals surface area contributed by atoms with Crippen molar-refractivity contribution < 1.29 is 93.0 Å². The molecule has 0 aliphatic heterocycles. The SMILES string of the molecule is CC(C)[C@H](N)C(=O)N[C@@H](CCC(=O)O)C(=O)N[C@H](C(=O)N[C@@H](C)C(=O)N[C@@H](CCC(=O)O)C(=O)N[C@@H](CCC(=O)O)C(=O)N[C@@H](CCC(=O)O)C(=O)N[C@@H](CCC(=O)O)C(=O)O)C(C)C. The van der Waals surface area contributed by atoms with Crippen molar-refractivity contribution in [3.05, 3.63) is 0 Å². The Morgan fingerprint density at radius 3 is 0.923 bits per heavy atom. The second-order valence-electron chi connectivity index (χ2n) is 15.5. The van der Waals surface area contributed by atoms with Gasteiger partial charge in [-0.05, 0) is 50.9 Å². The fourth-order valence-corrected chi connectivity index (χ4v) is 5.51. The number of hydrogen-bond donors (Lipinski definition) is 14. The third-order valence-corrected chi connectivity index (χ3v) is 9.40. The molecule has 7 amide bonds. The first-order chi connectivity index (χ1) is 30.1. The summed E-state index contributed by atoms with van der Waals surface area (Å²) in [6.07, 6.45) is -6.62. The van der Waals surface area contributed by atoms with E-state index in [0.717, 1.165) is 6.92 Å². The van der Waals surface area contributed by atoms with Crippen molar-refractivity contribution in [1.29, 1.82) is 0 Å². The summed E-state index contributed by atoms with van der Waals surface area (Å²) in [5, 5.41) is 71.0. The molecule has 0 fully saturated rings. The lowest BCUT2D eigenvalue weighted by molar-refractivity contribution is -0.144. The highest BCUT2D eigenvalue weighted by atomic mass is 16.4. The van der Waals surface area contributed by atoms with E-state index in [4.69, 9.17) is 10.8 Å². The van der Waals surface area contributed by atoms with Crippen LogP contribution >= 0.6 is 0 Å². The second kappa shape index (κ2) is 28.7. The standard InChI is InChI=1S/C38H60N8O19/c1-16(2)29(39)36(62)44-22(9-14-27(53)54)35(61)46-30(17(3)4)37(63)40-18(5)31(57)41-19(6-11-24(47)48)32(58)42-20(7-12-25(49)50)33(59)43-21(8-13-26(51)52)34(60)45-23(38(64)65)10-15-28(55)56/h16-23,29-30H,6-15,39H2,1-5H3,(H,40,63)(H,41,57)(H,42,58)(H,43,59)(H,44,62)(H,45,60)(H,46,61)(H,47,48)(H,49,50)(H,51,52)(H,53,54)(H,55,56)(H,64,65)/t18-,19-,20-,21-,22-,23-,29-,30-/m0/s1. The van der Waals surface area contributed by atoms with Gasteiger partial charge in [0.25, 0.3) is 0 Å². The van der Waals surface area contributed by atoms with Crippen LogP contribution in [0.15, 0.2) is 0 Å². The van der Waals surface area contributed by atoms with Gasteiger partial charge in [-0.1, -0.05) is 27.7 Å². The van der Waals surface area contributed by atoms with Gasteiger partial charge < -0.3 is 73.6 Å². The topological polar surface area (TPSA) is 454 Å². The molecule has 0 saturated carbocycles. The monoisotopic (exact) mass is 932 g/mol. The molecule has 0 unspecified atom stereocenters. The van der Waals surface area contributed by atoms with E-state index in [9.17, 15) is 87.9 Å². The molecule has 0 spiro atoms. The Hall–Kier alpha value is -6.93. The van der Waals surface area contributed by atoms with Crippen molar-refractivity contribution >= 4 is 77.2 Å². The van der Waals surface area contributed by atoms with E-state index in [-0.39, 0.29) is 12.3 Å². The minimum absolute atomic E-state index is 0.357. The molecule has 366 valence electrons. The van der Waals surface area contributed by atoms with Gasteiger partial charge in [-0.15, -0.1) is 0 Å². The first kappa shape index (κ1) is 58.1. The van der Waals surface area contributed by atoms with Crippen LogP contribution in [0.25, 0.3) is 0 Å². The average molecular weight is 933 g/mol. The molecule has 0 radical (unpaired) electrons. The van der Waals surface area contributed by atoms with Gasteiger partial charge in [0, 0.05) is 32.1 Å². The average Bonchev–Trinajstić information content (AvgIpc) is 3.19. The number of amides is 7. The van der Waals surface area contributed by atoms with Crippen LogP contribution in [-0.4, -0.2) is 156 Å². The fourth-order valence-electron chi connectivity index (χ4n) is 5.51. The third kappa shape index (κ3) is 23.4. The lowest BCUT2D eigenvalue weighted by Crippen LogP contribution is -2.60. The predicted octanol–water partition coefficient (Wildman–Crippen LogP) is -3.55. The van der Waals surface area contributed by atoms with Gasteiger partial charge in [0.15, 0.2) is 0 Å². The van der Waals surface area contributed by atoms with Crippen molar-refractivity contribution in [2.24, 2.45) is 17.6 Å². The number of nitrogens with one attached hydrogen (secondary N) is 7. The van der Waals surface area contributed by atoms with E-state index in [1.54, 1.807) is 13.8 Å². The first-order valence-corrected chi connectivity index (χ1v) is 20.3. The first-order valence-electron chi connectivity index (χ1n) is 20.3. The third-order valence-electron chi connectivity index (χ3n) is 9.40. The van der Waals surface area contributed by atoms with E-state index >= 15 is 0 Å². The summed E-state index contributed by atoms with van der Waals surface area (Å²) in [6.45, 7) is 7.43. The van der Waals surface area contributed by atoms with Gasteiger partial charge in [0.2, 0.25) is 41.4 Å². The molecule has 0 heterocycles. The lowest BCUT2D eigenvalue weighted by Gasteiger charge is -2.28. The van der Waals surface area contributed by atoms with Gasteiger partial charge in [0.05, 0.1) is 6.04 Å². The van der Waals surface area contributed by atoms with Crippen LogP contribution in [0, 0.1) is 11.8 Å². The number of carbonyl (C=O) groups excluding carboxylic acids is 7. The molecule has 0 rings (SSSR count). The zero-order chi connectivity index (χ0) is 50.3. The summed E-state index contributed by atoms with van der Waals surface area (Å²) in [4.78, 5) is 161. The fraction of sp³-hybridized carbons (Fsp3) is 0.658. The number of hydrogen-bond acceptors (Lipinski definition) is 14. The normalized spacial score (nSPS) is 14.6. The minimum Gasteiger partial charge on any atom is -0.481 e. The van der Waals surface area contributed by atoms with Crippen LogP contribution in [0.2, 0.25) is 0 Å². The zero-order valence-corrected chi connectivity index (χ0v) is 36.4. The van der Waals surface area contributed by atoms with Gasteiger partial charge in [-0.2, -0.15) is 0 Å². The van der Waals surface area contributed by atoms with Crippen molar-refractivity contribution in [3.8, 4) is 0 Å². The molecule has 15 N–H and O–H groups in total. The van der Waals surface area contributed by atoms with Gasteiger partial charge in [-0.3, -0.25) is 57.5 Å². The van der Waals surface area contributed by atoms with Crippen LogP contribution in [-0.2, 0) is 62.3 Å². The molecule has 8 atom stereocenters. The van der Waals surface area contributed by atoms with Crippen molar-refractivity contribution in [3.63, 3.8) is 0 Å². The maximum atomic E-state index is 13.6. The maximum Gasteiger partial charge on any atom is 0.326 e. The Balaban J connectivity index is 6.37. The highest BCUT2D eigenvalue weighted by molar-refractivity contribution is 5.98. The molecule has 0 bridgehead atoms. The predicted molar refractivity (Wildman–Crippen MR) is 219 cm³/mol. The van der Waals surface area contributed by atoms with E-state index in [1.807, 2.05) is 5.32 Å². The van der Waals surface area contributed by atoms with Crippen LogP contribution < -0.4 is 43.0 Å². The highest BCUT2D eigenvalue weighted by Gasteiger charge is 2.35. The van der Waals surface area contributed by atoms with E-state index in [0.29, 0.717) is 0 Å². The summed E-state index contributed by atoms with van der Waals surface area (Å²) in [5.74, 6) is -17.4. The minimum atomic E-state index is -1.87. The Morgan fingerprint density at radius 2 is 0.631 bits per heavy atom. The Morgan fingerprint density at radius 1 is 0.354 bits per heavy atom. The van der Waals surface area contributed by atoms with Crippen LogP contribution in [0.5, 0.6) is 0 Å². The Kier molecular flexibility index (Phi) is 25.6. The van der Waals surface area contributed by atoms with Gasteiger partial charge in [-0.25, -0.2) is 4.79 Å². The van der Waals surface area contributed by atoms with E-state index in [1.165, 1.54) is 13.8 Å². The molecule has 0 aliphatic carbocycles. The van der Waals surface area contributed by atoms with E-state index < -0.39 is 189 Å². The largest absolute Gasteiger partial charge is 0.481 e. The number of nitrogens with two attached hydrogens (primary N) is 1. The quantitative estimate of drug-likeness (QED) is 0.0310. The molecule has 0 aromatic carbocycles. The van der Waals surface area contributed by atoms with Crippen molar-refractivity contribution in [2.75, 3.05) is 0 Å². The number of rotatable bonds is 32. The summed E-state index contributed by atoms with van der Waals surface area (Å²) in [6, 6.07) is -12.7. The molecule has 27 nitrogen and oxygen atoms in total. The number of carboxylic acid groups (broad SMARTS) is 6. The number of aliphatic carboxylic acids is 6. The number of carbonyl (C=O) groups is 13. The maximum absolute atomic E-state index is 13.6. The zero-order valence-electron chi connectivity index (χ0n) is 36.4. The molecule has 0 aromatic rings. The van der Waals surface area contributed by atoms with Gasteiger partial charge >= 0.3 is 35.8 Å². The molecular formula is C38H60N8O19. The molecule has 0 aromatic heterocycles. The summed E-state index contributed by atoms with van der Waals surface area (Å²) in [7, 11) is 0. The molecule has 27 heteroatoms. The Labute approximate surface area is 371 Å². The second-order valence-corrected chi connectivity index (χ2v) is 15.5. The molecule has 65 heavy (non-hydrogen) atoms. The summed E-state index contributed by atoms with van der Waals surface area (Å²) in [5.41, 5.74) is 5.86. The van der Waals surface area contributed by atoms with Crippen LogP contribution in [0.1, 0.15) is 98.8 Å². The van der Waals surface area contributed by atoms with Gasteiger partial charge in [0.1, 0.15) is 42.3 Å². The number of carboxylic acids is 6. The summed E-state index contributed by atoms with van der Waals surface area (Å²) < 4.78 is 0. The molecular weight excluding hydrogens is 872 g/mol. The van der Waals surface area contributed by atoms with E-state index in [2.05, 4.69) is 31.9 Å². The summed E-state index contributed by atoms with van der Waals surface area (Å²) >= 11 is 0. The smallest absolute Gasteiger partial charge is 0.326 e. The van der Waals surface area contributed by atoms with Crippen LogP contribution in [0.4, 0.5) is 0 Å². The Bertz CT molecular complexity index is 1770. The van der Waals surface area contributed by atoms with Crippen LogP contribution in [0.3, 0.4) is 0 Å². The molecule has 0 aliphatic rings. The lowest BCUT2D eigenvalue weighted by atomic mass is 10.0.